The molecule has 0 heterocycles. The van der Waals surface area contributed by atoms with Gasteiger partial charge in [-0.1, -0.05) is 64.0 Å². The minimum absolute atomic E-state index is 0.0547. The average Bonchev–Trinajstić information content (AvgIpc) is 2.52. The summed E-state index contributed by atoms with van der Waals surface area (Å²) in [5, 5.41) is 8.71. The fourth-order valence-electron chi connectivity index (χ4n) is 2.71. The summed E-state index contributed by atoms with van der Waals surface area (Å²) in [6, 6.07) is 0. The Hall–Kier alpha value is -0.830. The highest BCUT2D eigenvalue weighted by Gasteiger charge is 2.09. The number of hydrogen-bond donors (Lipinski definition) is 1. The number of esters is 1. The van der Waals surface area contributed by atoms with Crippen LogP contribution in [0.15, 0.2) is 12.2 Å². The zero-order chi connectivity index (χ0) is 17.2. The molecule has 0 spiro atoms. The van der Waals surface area contributed by atoms with E-state index in [0.717, 1.165) is 38.5 Å². The lowest BCUT2D eigenvalue weighted by Gasteiger charge is -2.15. The van der Waals surface area contributed by atoms with Gasteiger partial charge in [-0.3, -0.25) is 4.79 Å². The van der Waals surface area contributed by atoms with E-state index in [1.165, 1.54) is 51.9 Å². The van der Waals surface area contributed by atoms with Gasteiger partial charge in [0.1, 0.15) is 6.10 Å². The standard InChI is InChI=1S/C20H38O3/c1-3-4-5-13-16-20(23-19(2)22)17-14-11-9-7-6-8-10-12-15-18-21/h11,14,20-21H,3-10,12-13,15-18H2,1-2H3/b14-11+/t20-/m0/s1. The first kappa shape index (κ1) is 22.2. The van der Waals surface area contributed by atoms with Gasteiger partial charge in [0.05, 0.1) is 0 Å². The maximum atomic E-state index is 11.2. The van der Waals surface area contributed by atoms with Gasteiger partial charge >= 0.3 is 5.97 Å². The lowest BCUT2D eigenvalue weighted by molar-refractivity contribution is -0.146. The molecule has 0 aliphatic heterocycles. The summed E-state index contributed by atoms with van der Waals surface area (Å²) < 4.78 is 5.40. The zero-order valence-electron chi connectivity index (χ0n) is 15.4. The summed E-state index contributed by atoms with van der Waals surface area (Å²) >= 11 is 0. The van der Waals surface area contributed by atoms with E-state index in [2.05, 4.69) is 19.1 Å². The largest absolute Gasteiger partial charge is 0.462 e. The van der Waals surface area contributed by atoms with Crippen LogP contribution < -0.4 is 0 Å². The first-order valence-electron chi connectivity index (χ1n) is 9.63. The van der Waals surface area contributed by atoms with Gasteiger partial charge in [0.2, 0.25) is 0 Å². The number of hydrogen-bond acceptors (Lipinski definition) is 3. The molecule has 3 nitrogen and oxygen atoms in total. The third kappa shape index (κ3) is 17.4. The predicted molar refractivity (Wildman–Crippen MR) is 97.5 cm³/mol. The molecule has 1 N–H and O–H groups in total. The number of rotatable bonds is 16. The van der Waals surface area contributed by atoms with Crippen LogP contribution in [-0.2, 0) is 9.53 Å². The Labute approximate surface area is 143 Å². The maximum Gasteiger partial charge on any atom is 0.302 e. The van der Waals surface area contributed by atoms with Crippen molar-refractivity contribution in [3.8, 4) is 0 Å². The van der Waals surface area contributed by atoms with Crippen molar-refractivity contribution in [2.24, 2.45) is 0 Å². The van der Waals surface area contributed by atoms with Gasteiger partial charge < -0.3 is 9.84 Å². The molecule has 0 aromatic heterocycles. The molecule has 0 aliphatic rings. The Morgan fingerprint density at radius 3 is 2.26 bits per heavy atom. The van der Waals surface area contributed by atoms with Crippen LogP contribution >= 0.6 is 0 Å². The third-order valence-corrected chi connectivity index (χ3v) is 4.06. The van der Waals surface area contributed by atoms with Gasteiger partial charge in [-0.05, 0) is 32.1 Å². The van der Waals surface area contributed by atoms with Gasteiger partial charge in [-0.2, -0.15) is 0 Å². The highest BCUT2D eigenvalue weighted by molar-refractivity contribution is 5.66. The molecule has 0 unspecified atom stereocenters. The lowest BCUT2D eigenvalue weighted by Crippen LogP contribution is -2.15. The molecule has 0 amide bonds. The molecule has 0 radical (unpaired) electrons. The Bertz CT molecular complexity index is 287. The van der Waals surface area contributed by atoms with Crippen molar-refractivity contribution >= 4 is 5.97 Å². The fourth-order valence-corrected chi connectivity index (χ4v) is 2.71. The molecule has 23 heavy (non-hydrogen) atoms. The highest BCUT2D eigenvalue weighted by Crippen LogP contribution is 2.13. The van der Waals surface area contributed by atoms with Crippen molar-refractivity contribution in [1.29, 1.82) is 0 Å². The van der Waals surface area contributed by atoms with E-state index in [9.17, 15) is 4.79 Å². The number of unbranched alkanes of at least 4 members (excludes halogenated alkanes) is 9. The number of aliphatic hydroxyl groups excluding tert-OH is 1. The van der Waals surface area contributed by atoms with Gasteiger partial charge in [0.25, 0.3) is 0 Å². The minimum atomic E-state index is -0.165. The molecule has 0 saturated carbocycles. The van der Waals surface area contributed by atoms with Crippen LogP contribution in [0.2, 0.25) is 0 Å². The van der Waals surface area contributed by atoms with Crippen LogP contribution in [0.25, 0.3) is 0 Å². The molecule has 0 aliphatic carbocycles. The molecule has 1 atom stereocenters. The first-order valence-corrected chi connectivity index (χ1v) is 9.63. The quantitative estimate of drug-likeness (QED) is 0.229. The van der Waals surface area contributed by atoms with Crippen LogP contribution in [-0.4, -0.2) is 23.8 Å². The van der Waals surface area contributed by atoms with Crippen LogP contribution in [0.3, 0.4) is 0 Å². The van der Waals surface area contributed by atoms with Gasteiger partial charge in [-0.15, -0.1) is 0 Å². The minimum Gasteiger partial charge on any atom is -0.462 e. The lowest BCUT2D eigenvalue weighted by atomic mass is 10.1. The van der Waals surface area contributed by atoms with Crippen molar-refractivity contribution in [3.63, 3.8) is 0 Å². The van der Waals surface area contributed by atoms with Crippen LogP contribution in [0.5, 0.6) is 0 Å². The molecular formula is C20H38O3. The maximum absolute atomic E-state index is 11.2. The zero-order valence-corrected chi connectivity index (χ0v) is 15.4. The number of aliphatic hydroxyl groups is 1. The van der Waals surface area contributed by atoms with Gasteiger partial charge in [0.15, 0.2) is 0 Å². The topological polar surface area (TPSA) is 46.5 Å². The SMILES string of the molecule is CCCCCC[C@@H](C/C=C/CCCCCCCCO)OC(C)=O. The molecule has 0 aromatic carbocycles. The Balaban J connectivity index is 3.67. The molecule has 3 heteroatoms. The van der Waals surface area contributed by atoms with Crippen molar-refractivity contribution < 1.29 is 14.6 Å². The van der Waals surface area contributed by atoms with E-state index in [1.807, 2.05) is 0 Å². The first-order chi connectivity index (χ1) is 11.2. The van der Waals surface area contributed by atoms with Crippen LogP contribution in [0.1, 0.15) is 97.3 Å². The van der Waals surface area contributed by atoms with Crippen molar-refractivity contribution in [1.82, 2.24) is 0 Å². The van der Waals surface area contributed by atoms with E-state index in [4.69, 9.17) is 9.84 Å². The second kappa shape index (κ2) is 17.5. The monoisotopic (exact) mass is 326 g/mol. The van der Waals surface area contributed by atoms with E-state index in [-0.39, 0.29) is 12.1 Å². The molecule has 0 bridgehead atoms. The Morgan fingerprint density at radius 1 is 0.957 bits per heavy atom. The average molecular weight is 327 g/mol. The predicted octanol–water partition coefficient (Wildman–Crippen LogP) is 5.56. The van der Waals surface area contributed by atoms with Crippen molar-refractivity contribution in [2.75, 3.05) is 6.61 Å². The molecular weight excluding hydrogens is 288 g/mol. The third-order valence-electron chi connectivity index (χ3n) is 4.06. The Morgan fingerprint density at radius 2 is 1.61 bits per heavy atom. The van der Waals surface area contributed by atoms with Crippen molar-refractivity contribution in [3.05, 3.63) is 12.2 Å². The number of allylic oxidation sites excluding steroid dienone is 1. The van der Waals surface area contributed by atoms with Crippen molar-refractivity contribution in [2.45, 2.75) is 103 Å². The summed E-state index contributed by atoms with van der Waals surface area (Å²) in [5.74, 6) is -0.165. The summed E-state index contributed by atoms with van der Waals surface area (Å²) in [5.41, 5.74) is 0. The van der Waals surface area contributed by atoms with E-state index >= 15 is 0 Å². The molecule has 0 aromatic rings. The number of carbonyl (C=O) groups excluding carboxylic acids is 1. The van der Waals surface area contributed by atoms with Crippen LogP contribution in [0.4, 0.5) is 0 Å². The molecule has 0 fully saturated rings. The number of ether oxygens (including phenoxy) is 1. The number of carbonyl (C=O) groups is 1. The molecule has 136 valence electrons. The normalized spacial score (nSPS) is 12.7. The van der Waals surface area contributed by atoms with E-state index in [0.29, 0.717) is 6.61 Å². The van der Waals surface area contributed by atoms with Crippen LogP contribution in [0, 0.1) is 0 Å². The Kier molecular flexibility index (Phi) is 16.9. The smallest absolute Gasteiger partial charge is 0.302 e. The summed E-state index contributed by atoms with van der Waals surface area (Å²) in [4.78, 5) is 11.2. The molecule has 0 saturated heterocycles. The van der Waals surface area contributed by atoms with Gasteiger partial charge in [0, 0.05) is 20.0 Å². The highest BCUT2D eigenvalue weighted by atomic mass is 16.5. The second-order valence-corrected chi connectivity index (χ2v) is 6.42. The summed E-state index contributed by atoms with van der Waals surface area (Å²) in [7, 11) is 0. The van der Waals surface area contributed by atoms with Gasteiger partial charge in [-0.25, -0.2) is 0 Å². The molecule has 0 rings (SSSR count). The fraction of sp³-hybridized carbons (Fsp3) is 0.850. The van der Waals surface area contributed by atoms with E-state index in [1.54, 1.807) is 0 Å². The second-order valence-electron chi connectivity index (χ2n) is 6.42. The summed E-state index contributed by atoms with van der Waals surface area (Å²) in [6.45, 7) is 4.03. The summed E-state index contributed by atoms with van der Waals surface area (Å²) in [6.07, 6.45) is 19.4. The van der Waals surface area contributed by atoms with E-state index < -0.39 is 0 Å².